The molecule has 0 radical (unpaired) electrons. The topological polar surface area (TPSA) is 59.1 Å². The van der Waals surface area contributed by atoms with Gasteiger partial charge in [0.05, 0.1) is 13.7 Å². The second-order valence-electron chi connectivity index (χ2n) is 5.83. The minimum absolute atomic E-state index is 0.0122. The zero-order valence-corrected chi connectivity index (χ0v) is 14.5. The van der Waals surface area contributed by atoms with Crippen LogP contribution in [0.2, 0.25) is 0 Å². The molecule has 0 aromatic heterocycles. The van der Waals surface area contributed by atoms with Crippen molar-refractivity contribution in [3.63, 3.8) is 0 Å². The van der Waals surface area contributed by atoms with E-state index in [0.717, 1.165) is 25.0 Å². The molecule has 24 heavy (non-hydrogen) atoms. The normalized spacial score (nSPS) is 14.9. The fourth-order valence-electron chi connectivity index (χ4n) is 2.64. The van der Waals surface area contributed by atoms with E-state index in [1.54, 1.807) is 21.9 Å². The molecule has 2 rings (SSSR count). The summed E-state index contributed by atoms with van der Waals surface area (Å²) in [6, 6.07) is 7.27. The summed E-state index contributed by atoms with van der Waals surface area (Å²) in [5.74, 6) is 0.773. The average molecular weight is 334 g/mol. The van der Waals surface area contributed by atoms with Crippen molar-refractivity contribution in [2.45, 2.75) is 26.2 Å². The fourth-order valence-corrected chi connectivity index (χ4v) is 2.64. The van der Waals surface area contributed by atoms with Crippen LogP contribution >= 0.6 is 0 Å². The van der Waals surface area contributed by atoms with Gasteiger partial charge in [0, 0.05) is 31.7 Å². The van der Waals surface area contributed by atoms with Gasteiger partial charge in [-0.25, -0.2) is 4.79 Å². The molecule has 1 aromatic carbocycles. The Morgan fingerprint density at radius 2 is 1.71 bits per heavy atom. The molecule has 6 nitrogen and oxygen atoms in total. The van der Waals surface area contributed by atoms with Crippen LogP contribution in [-0.2, 0) is 4.74 Å². The third-order valence-electron chi connectivity index (χ3n) is 4.08. The van der Waals surface area contributed by atoms with Crippen molar-refractivity contribution in [1.82, 2.24) is 9.80 Å². The molecule has 1 aliphatic heterocycles. The zero-order valence-electron chi connectivity index (χ0n) is 14.5. The number of rotatable bonds is 5. The molecule has 0 saturated carbocycles. The third kappa shape index (κ3) is 4.88. The van der Waals surface area contributed by atoms with E-state index >= 15 is 0 Å². The molecule has 1 aromatic rings. The number of hydrogen-bond donors (Lipinski definition) is 0. The van der Waals surface area contributed by atoms with E-state index in [-0.39, 0.29) is 12.0 Å². The van der Waals surface area contributed by atoms with Gasteiger partial charge >= 0.3 is 6.09 Å². The second-order valence-corrected chi connectivity index (χ2v) is 5.83. The smallest absolute Gasteiger partial charge is 0.409 e. The summed E-state index contributed by atoms with van der Waals surface area (Å²) < 4.78 is 10.4. The van der Waals surface area contributed by atoms with Crippen LogP contribution in [0, 0.1) is 0 Å². The van der Waals surface area contributed by atoms with Crippen molar-refractivity contribution >= 4 is 12.0 Å². The van der Waals surface area contributed by atoms with Crippen LogP contribution < -0.4 is 4.74 Å². The van der Waals surface area contributed by atoms with Gasteiger partial charge in [0.15, 0.2) is 0 Å². The van der Waals surface area contributed by atoms with Crippen molar-refractivity contribution in [2.75, 3.05) is 39.9 Å². The molecule has 1 fully saturated rings. The second kappa shape index (κ2) is 9.15. The van der Waals surface area contributed by atoms with E-state index in [2.05, 4.69) is 6.92 Å². The van der Waals surface area contributed by atoms with E-state index in [9.17, 15) is 9.59 Å². The quantitative estimate of drug-likeness (QED) is 0.777. The highest BCUT2D eigenvalue weighted by atomic mass is 16.5. The Labute approximate surface area is 143 Å². The molecule has 1 aliphatic rings. The first-order chi connectivity index (χ1) is 11.7. The minimum Gasteiger partial charge on any atom is -0.494 e. The molecule has 6 heteroatoms. The summed E-state index contributed by atoms with van der Waals surface area (Å²) in [4.78, 5) is 27.6. The molecule has 1 heterocycles. The van der Waals surface area contributed by atoms with Crippen LogP contribution in [0.15, 0.2) is 24.3 Å². The van der Waals surface area contributed by atoms with E-state index in [0.29, 0.717) is 38.3 Å². The lowest BCUT2D eigenvalue weighted by Crippen LogP contribution is -2.37. The number of carbonyl (C=O) groups excluding carboxylic acids is 2. The maximum atomic E-state index is 12.6. The van der Waals surface area contributed by atoms with Gasteiger partial charge in [0.2, 0.25) is 0 Å². The first-order valence-corrected chi connectivity index (χ1v) is 8.50. The van der Waals surface area contributed by atoms with Gasteiger partial charge in [0.25, 0.3) is 5.91 Å². The highest BCUT2D eigenvalue weighted by molar-refractivity contribution is 5.94. The molecule has 132 valence electrons. The fraction of sp³-hybridized carbons (Fsp3) is 0.556. The van der Waals surface area contributed by atoms with Gasteiger partial charge in [-0.05, 0) is 37.1 Å². The predicted molar refractivity (Wildman–Crippen MR) is 91.3 cm³/mol. The van der Waals surface area contributed by atoms with Crippen molar-refractivity contribution in [1.29, 1.82) is 0 Å². The maximum Gasteiger partial charge on any atom is 0.409 e. The lowest BCUT2D eigenvalue weighted by molar-refractivity contribution is 0.0757. The molecule has 0 spiro atoms. The Morgan fingerprint density at radius 1 is 1.04 bits per heavy atom. The summed E-state index contributed by atoms with van der Waals surface area (Å²) >= 11 is 0. The van der Waals surface area contributed by atoms with E-state index < -0.39 is 0 Å². The van der Waals surface area contributed by atoms with Gasteiger partial charge in [0.1, 0.15) is 5.75 Å². The zero-order chi connectivity index (χ0) is 17.4. The molecule has 1 saturated heterocycles. The van der Waals surface area contributed by atoms with Gasteiger partial charge in [-0.1, -0.05) is 13.3 Å². The number of benzene rings is 1. The van der Waals surface area contributed by atoms with E-state index in [4.69, 9.17) is 9.47 Å². The Kier molecular flexibility index (Phi) is 6.90. The molecule has 0 aliphatic carbocycles. The Morgan fingerprint density at radius 3 is 2.38 bits per heavy atom. The van der Waals surface area contributed by atoms with Crippen LogP contribution in [0.4, 0.5) is 4.79 Å². The predicted octanol–water partition coefficient (Wildman–Crippen LogP) is 2.78. The summed E-state index contributed by atoms with van der Waals surface area (Å²) in [6.07, 6.45) is 2.52. The number of carbonyl (C=O) groups is 2. The van der Waals surface area contributed by atoms with Crippen LogP contribution in [-0.4, -0.2) is 61.7 Å². The lowest BCUT2D eigenvalue weighted by Gasteiger charge is -2.21. The molecule has 2 amide bonds. The number of amides is 2. The number of unbranched alkanes of at least 4 members (excludes halogenated alkanes) is 1. The van der Waals surface area contributed by atoms with Crippen LogP contribution in [0.25, 0.3) is 0 Å². The molecular weight excluding hydrogens is 308 g/mol. The first-order valence-electron chi connectivity index (χ1n) is 8.50. The number of nitrogens with zero attached hydrogens (tertiary/aromatic N) is 2. The summed E-state index contributed by atoms with van der Waals surface area (Å²) in [5, 5.41) is 0. The monoisotopic (exact) mass is 334 g/mol. The molecular formula is C18H26N2O4. The Bertz CT molecular complexity index is 544. The molecule has 0 atom stereocenters. The maximum absolute atomic E-state index is 12.6. The van der Waals surface area contributed by atoms with Gasteiger partial charge in [-0.3, -0.25) is 4.79 Å². The SMILES string of the molecule is CCCCOc1ccc(C(=O)N2CCCN(C(=O)OC)CC2)cc1. The standard InChI is InChI=1S/C18H26N2O4/c1-3-4-14-24-16-8-6-15(7-9-16)17(21)19-10-5-11-20(13-12-19)18(22)23-2/h6-9H,3-5,10-14H2,1-2H3. The van der Waals surface area contributed by atoms with Crippen molar-refractivity contribution in [3.8, 4) is 5.75 Å². The highest BCUT2D eigenvalue weighted by Crippen LogP contribution is 2.15. The first kappa shape index (κ1) is 18.1. The van der Waals surface area contributed by atoms with E-state index in [1.165, 1.54) is 7.11 Å². The third-order valence-corrected chi connectivity index (χ3v) is 4.08. The van der Waals surface area contributed by atoms with Crippen molar-refractivity contribution in [2.24, 2.45) is 0 Å². The number of methoxy groups -OCH3 is 1. The largest absolute Gasteiger partial charge is 0.494 e. The Balaban J connectivity index is 1.92. The number of ether oxygens (including phenoxy) is 2. The highest BCUT2D eigenvalue weighted by Gasteiger charge is 2.23. The lowest BCUT2D eigenvalue weighted by atomic mass is 10.2. The van der Waals surface area contributed by atoms with Crippen LogP contribution in [0.3, 0.4) is 0 Å². The van der Waals surface area contributed by atoms with E-state index in [1.807, 2.05) is 12.1 Å². The van der Waals surface area contributed by atoms with Crippen LogP contribution in [0.5, 0.6) is 5.75 Å². The molecule has 0 bridgehead atoms. The Hall–Kier alpha value is -2.24. The molecule has 0 N–H and O–H groups in total. The van der Waals surface area contributed by atoms with Gasteiger partial charge < -0.3 is 19.3 Å². The minimum atomic E-state index is -0.335. The summed E-state index contributed by atoms with van der Waals surface area (Å²) in [7, 11) is 1.38. The summed E-state index contributed by atoms with van der Waals surface area (Å²) in [5.41, 5.74) is 0.643. The van der Waals surface area contributed by atoms with Crippen molar-refractivity contribution < 1.29 is 19.1 Å². The number of hydrogen-bond acceptors (Lipinski definition) is 4. The van der Waals surface area contributed by atoms with Gasteiger partial charge in [-0.15, -0.1) is 0 Å². The van der Waals surface area contributed by atoms with Crippen molar-refractivity contribution in [3.05, 3.63) is 29.8 Å². The summed E-state index contributed by atoms with van der Waals surface area (Å²) in [6.45, 7) is 5.08. The van der Waals surface area contributed by atoms with Gasteiger partial charge in [-0.2, -0.15) is 0 Å². The molecule has 0 unspecified atom stereocenters. The van der Waals surface area contributed by atoms with Crippen LogP contribution in [0.1, 0.15) is 36.5 Å². The average Bonchev–Trinajstić information content (AvgIpc) is 2.87.